The van der Waals surface area contributed by atoms with Gasteiger partial charge in [0.25, 0.3) is 0 Å². The van der Waals surface area contributed by atoms with Crippen molar-refractivity contribution in [1.82, 2.24) is 9.88 Å². The molecular weight excluding hydrogens is 370 g/mol. The highest BCUT2D eigenvalue weighted by Crippen LogP contribution is 2.35. The molecule has 3 rings (SSSR count). The van der Waals surface area contributed by atoms with E-state index in [9.17, 15) is 14.7 Å². The number of carbonyl (C=O) groups excluding carboxylic acids is 1. The number of rotatable bonds is 6. The van der Waals surface area contributed by atoms with E-state index < -0.39 is 23.0 Å². The Morgan fingerprint density at radius 1 is 1.37 bits per heavy atom. The summed E-state index contributed by atoms with van der Waals surface area (Å²) in [5, 5.41) is 10.5. The van der Waals surface area contributed by atoms with Crippen molar-refractivity contribution in [1.29, 1.82) is 0 Å². The Morgan fingerprint density at radius 3 is 2.78 bits per heavy atom. The lowest BCUT2D eigenvalue weighted by molar-refractivity contribution is -0.118. The maximum absolute atomic E-state index is 12.3. The number of aromatic hydroxyl groups is 1. The number of pyridine rings is 1. The molecule has 2 aromatic rings. The molecule has 0 aliphatic carbocycles. The van der Waals surface area contributed by atoms with Crippen LogP contribution in [0.4, 0.5) is 0 Å². The number of primary amides is 1. The van der Waals surface area contributed by atoms with Crippen molar-refractivity contribution in [3.05, 3.63) is 56.9 Å². The molecule has 0 saturated carbocycles. The minimum atomic E-state index is -0.794. The molecule has 1 aliphatic heterocycles. The third kappa shape index (κ3) is 4.67. The fourth-order valence-electron chi connectivity index (χ4n) is 3.41. The lowest BCUT2D eigenvalue weighted by Crippen LogP contribution is -2.29. The van der Waals surface area contributed by atoms with Gasteiger partial charge in [0.15, 0.2) is 5.76 Å². The van der Waals surface area contributed by atoms with E-state index in [2.05, 4.69) is 9.88 Å². The number of halogens is 1. The Balaban J connectivity index is 2.01. The van der Waals surface area contributed by atoms with Crippen molar-refractivity contribution in [3.63, 3.8) is 0 Å². The van der Waals surface area contributed by atoms with E-state index in [4.69, 9.17) is 21.8 Å². The molecule has 144 valence electrons. The summed E-state index contributed by atoms with van der Waals surface area (Å²) in [7, 11) is 0. The number of carbonyl (C=O) groups is 1. The van der Waals surface area contributed by atoms with Gasteiger partial charge in [-0.25, -0.2) is 4.98 Å². The number of likely N-dealkylation sites (tertiary alicyclic amines) is 1. The predicted octanol–water partition coefficient (Wildman–Crippen LogP) is 2.39. The summed E-state index contributed by atoms with van der Waals surface area (Å²) in [4.78, 5) is 30.1. The van der Waals surface area contributed by atoms with E-state index in [0.717, 1.165) is 25.9 Å². The molecular formula is C19H22ClN3O4. The van der Waals surface area contributed by atoms with Crippen molar-refractivity contribution in [2.45, 2.75) is 38.1 Å². The summed E-state index contributed by atoms with van der Waals surface area (Å²) >= 11 is 6.17. The van der Waals surface area contributed by atoms with Gasteiger partial charge in [-0.05, 0) is 32.0 Å². The molecule has 3 N–H and O–H groups in total. The van der Waals surface area contributed by atoms with Gasteiger partial charge < -0.3 is 15.3 Å². The van der Waals surface area contributed by atoms with Gasteiger partial charge in [-0.2, -0.15) is 0 Å². The second-order valence-electron chi connectivity index (χ2n) is 6.73. The Hall–Kier alpha value is -2.38. The van der Waals surface area contributed by atoms with E-state index in [1.165, 1.54) is 18.7 Å². The number of piperidine rings is 1. The van der Waals surface area contributed by atoms with Crippen LogP contribution in [-0.4, -0.2) is 34.0 Å². The second kappa shape index (κ2) is 8.54. The molecule has 3 heterocycles. The average molecular weight is 392 g/mol. The van der Waals surface area contributed by atoms with Gasteiger partial charge >= 0.3 is 0 Å². The van der Waals surface area contributed by atoms with E-state index in [0.29, 0.717) is 17.9 Å². The van der Waals surface area contributed by atoms with Crippen LogP contribution >= 0.6 is 11.6 Å². The van der Waals surface area contributed by atoms with Crippen LogP contribution in [0.2, 0.25) is 5.15 Å². The number of aromatic nitrogens is 1. The molecule has 1 amide bonds. The van der Waals surface area contributed by atoms with Gasteiger partial charge in [-0.15, -0.1) is 0 Å². The van der Waals surface area contributed by atoms with Gasteiger partial charge in [-0.1, -0.05) is 24.1 Å². The number of amides is 1. The normalized spacial score (nSPS) is 16.2. The molecule has 8 heteroatoms. The third-order valence-electron chi connectivity index (χ3n) is 4.71. The highest BCUT2D eigenvalue weighted by molar-refractivity contribution is 6.30. The lowest BCUT2D eigenvalue weighted by Gasteiger charge is -2.26. The smallest absolute Gasteiger partial charge is 0.227 e. The van der Waals surface area contributed by atoms with Crippen LogP contribution in [0.5, 0.6) is 5.75 Å². The van der Waals surface area contributed by atoms with Gasteiger partial charge in [0.1, 0.15) is 10.9 Å². The number of nitrogens with zero attached hydrogens (tertiary/aromatic N) is 2. The largest absolute Gasteiger partial charge is 0.502 e. The van der Waals surface area contributed by atoms with Crippen molar-refractivity contribution in [3.8, 4) is 5.75 Å². The molecule has 0 aromatic carbocycles. The second-order valence-corrected chi connectivity index (χ2v) is 7.09. The van der Waals surface area contributed by atoms with Crippen LogP contribution in [0.25, 0.3) is 0 Å². The maximum Gasteiger partial charge on any atom is 0.227 e. The maximum atomic E-state index is 12.3. The van der Waals surface area contributed by atoms with Crippen molar-refractivity contribution < 1.29 is 14.3 Å². The Bertz CT molecular complexity index is 877. The predicted molar refractivity (Wildman–Crippen MR) is 101 cm³/mol. The van der Waals surface area contributed by atoms with E-state index in [1.807, 2.05) is 0 Å². The van der Waals surface area contributed by atoms with E-state index >= 15 is 0 Å². The zero-order chi connectivity index (χ0) is 19.4. The minimum Gasteiger partial charge on any atom is -0.502 e. The Morgan fingerprint density at radius 2 is 2.11 bits per heavy atom. The summed E-state index contributed by atoms with van der Waals surface area (Å²) < 4.78 is 5.88. The topological polar surface area (TPSA) is 110 Å². The van der Waals surface area contributed by atoms with Crippen molar-refractivity contribution in [2.75, 3.05) is 13.1 Å². The standard InChI is InChI=1S/C19H22ClN3O4/c20-19-13(5-4-6-22-19)14(10-16(21)25)18-17(26)15(24)9-12(27-18)11-23-7-2-1-3-8-23/h4-6,9,14,26H,1-3,7-8,10-11H2,(H2,21,25)/t14-/m0/s1. The van der Waals surface area contributed by atoms with Gasteiger partial charge in [-0.3, -0.25) is 14.5 Å². The zero-order valence-electron chi connectivity index (χ0n) is 14.9. The molecule has 7 nitrogen and oxygen atoms in total. The average Bonchev–Trinajstić information content (AvgIpc) is 2.64. The summed E-state index contributed by atoms with van der Waals surface area (Å²) in [6, 6.07) is 4.61. The highest BCUT2D eigenvalue weighted by Gasteiger charge is 2.27. The number of hydrogen-bond acceptors (Lipinski definition) is 6. The molecule has 1 atom stereocenters. The van der Waals surface area contributed by atoms with Gasteiger partial charge in [0.2, 0.25) is 17.1 Å². The first-order valence-corrected chi connectivity index (χ1v) is 9.30. The van der Waals surface area contributed by atoms with Crippen LogP contribution < -0.4 is 11.2 Å². The molecule has 0 unspecified atom stereocenters. The molecule has 0 spiro atoms. The Labute approximate surface area is 161 Å². The minimum absolute atomic E-state index is 0.0109. The van der Waals surface area contributed by atoms with Crippen LogP contribution in [0, 0.1) is 0 Å². The van der Waals surface area contributed by atoms with Crippen molar-refractivity contribution in [2.24, 2.45) is 5.73 Å². The quantitative estimate of drug-likeness (QED) is 0.731. The monoisotopic (exact) mass is 391 g/mol. The molecule has 1 aliphatic rings. The lowest BCUT2D eigenvalue weighted by atomic mass is 9.93. The summed E-state index contributed by atoms with van der Waals surface area (Å²) in [5.41, 5.74) is 5.29. The Kier molecular flexibility index (Phi) is 6.13. The van der Waals surface area contributed by atoms with Crippen LogP contribution in [0.3, 0.4) is 0 Å². The first kappa shape index (κ1) is 19.4. The highest BCUT2D eigenvalue weighted by atomic mass is 35.5. The third-order valence-corrected chi connectivity index (χ3v) is 5.03. The van der Waals surface area contributed by atoms with Gasteiger partial charge in [0.05, 0.1) is 12.5 Å². The van der Waals surface area contributed by atoms with E-state index in [1.54, 1.807) is 12.1 Å². The summed E-state index contributed by atoms with van der Waals surface area (Å²) in [6.07, 6.45) is 4.74. The van der Waals surface area contributed by atoms with Crippen LogP contribution in [0.1, 0.15) is 48.7 Å². The number of hydrogen-bond donors (Lipinski definition) is 2. The molecule has 0 radical (unpaired) electrons. The molecule has 1 fully saturated rings. The zero-order valence-corrected chi connectivity index (χ0v) is 15.6. The SMILES string of the molecule is NC(=O)C[C@@H](c1cccnc1Cl)c1oc(CN2CCCCC2)cc(=O)c1O. The fraction of sp³-hybridized carbons (Fsp3) is 0.421. The summed E-state index contributed by atoms with van der Waals surface area (Å²) in [5.74, 6) is -1.52. The van der Waals surface area contributed by atoms with Crippen LogP contribution in [-0.2, 0) is 11.3 Å². The molecule has 1 saturated heterocycles. The van der Waals surface area contributed by atoms with Gasteiger partial charge in [0, 0.05) is 24.2 Å². The molecule has 0 bridgehead atoms. The summed E-state index contributed by atoms with van der Waals surface area (Å²) in [6.45, 7) is 2.32. The first-order chi connectivity index (χ1) is 13.0. The van der Waals surface area contributed by atoms with Crippen molar-refractivity contribution >= 4 is 17.5 Å². The van der Waals surface area contributed by atoms with E-state index in [-0.39, 0.29) is 17.3 Å². The molecule has 27 heavy (non-hydrogen) atoms. The fourth-order valence-corrected chi connectivity index (χ4v) is 3.66. The van der Waals surface area contributed by atoms with Crippen LogP contribution in [0.15, 0.2) is 33.6 Å². The molecule has 2 aromatic heterocycles. The first-order valence-electron chi connectivity index (χ1n) is 8.92. The number of nitrogens with two attached hydrogens (primary N) is 1.